The summed E-state index contributed by atoms with van der Waals surface area (Å²) in [5.74, 6) is 2.29. The molecule has 0 rings (SSSR count). The predicted octanol–water partition coefficient (Wildman–Crippen LogP) is 0.916. The molecule has 0 spiro atoms. The zero-order chi connectivity index (χ0) is 4.83. The van der Waals surface area contributed by atoms with E-state index in [9.17, 15) is 0 Å². The van der Waals surface area contributed by atoms with Gasteiger partial charge in [0.1, 0.15) is 0 Å². The van der Waals surface area contributed by atoms with E-state index in [2.05, 4.69) is 12.2 Å². The first-order chi connectivity index (χ1) is 2.91. The molecule has 6 heavy (non-hydrogen) atoms. The van der Waals surface area contributed by atoms with Crippen LogP contribution in [-0.2, 0) is 0 Å². The zero-order valence-electron chi connectivity index (χ0n) is 4.32. The van der Waals surface area contributed by atoms with Gasteiger partial charge in [0.15, 0.2) is 0 Å². The fourth-order valence-electron chi connectivity index (χ4n) is 0.204. The van der Waals surface area contributed by atoms with Crippen molar-refractivity contribution >= 4 is 11.8 Å². The lowest BCUT2D eigenvalue weighted by Crippen LogP contribution is -2.02. The molecule has 0 saturated carbocycles. The molecule has 0 fully saturated rings. The van der Waals surface area contributed by atoms with Crippen LogP contribution in [0.5, 0.6) is 0 Å². The Morgan fingerprint density at radius 1 is 1.67 bits per heavy atom. The quantitative estimate of drug-likeness (QED) is 0.423. The van der Waals surface area contributed by atoms with Crippen molar-refractivity contribution in [2.45, 2.75) is 6.92 Å². The Kier molecular flexibility index (Phi) is 5.58. The Morgan fingerprint density at radius 2 is 2.33 bits per heavy atom. The minimum atomic E-state index is 1.08. The van der Waals surface area contributed by atoms with E-state index in [4.69, 9.17) is 0 Å². The molecule has 0 atom stereocenters. The van der Waals surface area contributed by atoms with E-state index in [1.165, 1.54) is 5.75 Å². The maximum absolute atomic E-state index is 3.03. The largest absolute Gasteiger partial charge is 0.311 e. The van der Waals surface area contributed by atoms with Crippen molar-refractivity contribution in [3.8, 4) is 0 Å². The van der Waals surface area contributed by atoms with Gasteiger partial charge in [-0.25, -0.2) is 0 Å². The van der Waals surface area contributed by atoms with Gasteiger partial charge in [-0.3, -0.25) is 0 Å². The summed E-state index contributed by atoms with van der Waals surface area (Å²) in [6.07, 6.45) is 0. The third kappa shape index (κ3) is 4.31. The summed E-state index contributed by atoms with van der Waals surface area (Å²) in [4.78, 5) is 0. The molecule has 0 heterocycles. The van der Waals surface area contributed by atoms with E-state index in [1.54, 1.807) is 0 Å². The molecule has 0 bridgehead atoms. The second-order valence-electron chi connectivity index (χ2n) is 0.991. The average Bonchev–Trinajstić information content (AvgIpc) is 1.61. The fourth-order valence-corrected chi connectivity index (χ4v) is 0.612. The lowest BCUT2D eigenvalue weighted by Gasteiger charge is -1.90. The number of hydrogen-bond acceptors (Lipinski definition) is 2. The molecular weight excluding hydrogens is 94.1 g/mol. The molecule has 0 aliphatic carbocycles. The van der Waals surface area contributed by atoms with Crippen LogP contribution in [0, 0.1) is 0 Å². The summed E-state index contributed by atoms with van der Waals surface area (Å²) in [5, 5.41) is 3.03. The molecular formula is C4H11NS. The van der Waals surface area contributed by atoms with Crippen molar-refractivity contribution in [3.63, 3.8) is 0 Å². The van der Waals surface area contributed by atoms with E-state index in [0.717, 1.165) is 5.88 Å². The van der Waals surface area contributed by atoms with E-state index >= 15 is 0 Å². The van der Waals surface area contributed by atoms with Crippen molar-refractivity contribution in [1.29, 1.82) is 0 Å². The van der Waals surface area contributed by atoms with Gasteiger partial charge in [0.2, 0.25) is 0 Å². The van der Waals surface area contributed by atoms with Crippen LogP contribution in [0.4, 0.5) is 0 Å². The lowest BCUT2D eigenvalue weighted by molar-refractivity contribution is 0.982. The molecule has 0 aromatic rings. The smallest absolute Gasteiger partial charge is 0.0415 e. The number of rotatable bonds is 3. The summed E-state index contributed by atoms with van der Waals surface area (Å²) in [7, 11) is 1.96. The van der Waals surface area contributed by atoms with E-state index in [-0.39, 0.29) is 0 Å². The second-order valence-corrected chi connectivity index (χ2v) is 2.26. The molecule has 0 amide bonds. The maximum Gasteiger partial charge on any atom is 0.0415 e. The minimum absolute atomic E-state index is 1.08. The van der Waals surface area contributed by atoms with Gasteiger partial charge in [0.05, 0.1) is 0 Å². The van der Waals surface area contributed by atoms with Crippen LogP contribution in [-0.4, -0.2) is 18.7 Å². The highest BCUT2D eigenvalue weighted by Gasteiger charge is 1.72. The number of hydrogen-bond donors (Lipinski definition) is 1. The van der Waals surface area contributed by atoms with Crippen molar-refractivity contribution in [1.82, 2.24) is 5.32 Å². The second kappa shape index (κ2) is 5.31. The fraction of sp³-hybridized carbons (Fsp3) is 1.00. The Labute approximate surface area is 43.5 Å². The Bertz CT molecular complexity index is 19.5. The van der Waals surface area contributed by atoms with Crippen molar-refractivity contribution in [3.05, 3.63) is 0 Å². The van der Waals surface area contributed by atoms with Gasteiger partial charge in [0, 0.05) is 5.88 Å². The molecule has 0 saturated heterocycles. The summed E-state index contributed by atoms with van der Waals surface area (Å²) in [6.45, 7) is 2.15. The monoisotopic (exact) mass is 105 g/mol. The van der Waals surface area contributed by atoms with Crippen LogP contribution in [0.1, 0.15) is 6.92 Å². The van der Waals surface area contributed by atoms with Crippen LogP contribution < -0.4 is 5.32 Å². The Hall–Kier alpha value is 0.310. The minimum Gasteiger partial charge on any atom is -0.311 e. The topological polar surface area (TPSA) is 12.0 Å². The average molecular weight is 105 g/mol. The van der Waals surface area contributed by atoms with Gasteiger partial charge in [-0.1, -0.05) is 6.92 Å². The van der Waals surface area contributed by atoms with Gasteiger partial charge < -0.3 is 5.32 Å². The summed E-state index contributed by atoms with van der Waals surface area (Å²) < 4.78 is 0. The van der Waals surface area contributed by atoms with Crippen LogP contribution >= 0.6 is 11.8 Å². The van der Waals surface area contributed by atoms with Crippen molar-refractivity contribution in [2.75, 3.05) is 18.7 Å². The lowest BCUT2D eigenvalue weighted by atomic mass is 11.0. The highest BCUT2D eigenvalue weighted by molar-refractivity contribution is 7.99. The molecule has 0 aliphatic heterocycles. The zero-order valence-corrected chi connectivity index (χ0v) is 5.14. The third-order valence-electron chi connectivity index (χ3n) is 0.451. The molecule has 1 nitrogen and oxygen atoms in total. The molecule has 0 aliphatic rings. The van der Waals surface area contributed by atoms with Gasteiger partial charge in [-0.2, -0.15) is 0 Å². The van der Waals surface area contributed by atoms with Crippen LogP contribution in [0.15, 0.2) is 0 Å². The first-order valence-corrected chi connectivity index (χ1v) is 3.29. The van der Waals surface area contributed by atoms with Gasteiger partial charge >= 0.3 is 0 Å². The number of nitrogens with one attached hydrogen (secondary N) is 1. The highest BCUT2D eigenvalue weighted by atomic mass is 32.2. The van der Waals surface area contributed by atoms with Crippen LogP contribution in [0.2, 0.25) is 0 Å². The summed E-state index contributed by atoms with van der Waals surface area (Å²) >= 11 is 1.90. The van der Waals surface area contributed by atoms with Gasteiger partial charge in [-0.05, 0) is 12.8 Å². The molecule has 0 aromatic heterocycles. The number of thioether (sulfide) groups is 1. The highest BCUT2D eigenvalue weighted by Crippen LogP contribution is 1.91. The molecule has 38 valence electrons. The molecule has 1 N–H and O–H groups in total. The van der Waals surface area contributed by atoms with Crippen LogP contribution in [0.25, 0.3) is 0 Å². The molecule has 2 heteroatoms. The van der Waals surface area contributed by atoms with Crippen LogP contribution in [0.3, 0.4) is 0 Å². The Balaban J connectivity index is 2.34. The summed E-state index contributed by atoms with van der Waals surface area (Å²) in [6, 6.07) is 0. The van der Waals surface area contributed by atoms with Crippen molar-refractivity contribution in [2.24, 2.45) is 0 Å². The van der Waals surface area contributed by atoms with Gasteiger partial charge in [-0.15, -0.1) is 11.8 Å². The Morgan fingerprint density at radius 3 is 2.50 bits per heavy atom. The summed E-state index contributed by atoms with van der Waals surface area (Å²) in [5.41, 5.74) is 0. The standard InChI is InChI=1S/C4H11NS/c1-3-6-4-5-2/h5H,3-4H2,1-2H3. The first kappa shape index (κ1) is 6.31. The molecule has 0 aromatic carbocycles. The normalized spacial score (nSPS) is 9.00. The first-order valence-electron chi connectivity index (χ1n) is 2.14. The van der Waals surface area contributed by atoms with E-state index < -0.39 is 0 Å². The van der Waals surface area contributed by atoms with E-state index in [0.29, 0.717) is 0 Å². The van der Waals surface area contributed by atoms with Gasteiger partial charge in [0.25, 0.3) is 0 Å². The molecule has 0 unspecified atom stereocenters. The van der Waals surface area contributed by atoms with E-state index in [1.807, 2.05) is 18.8 Å². The third-order valence-corrected chi connectivity index (χ3v) is 1.35. The predicted molar refractivity (Wildman–Crippen MR) is 32.1 cm³/mol. The maximum atomic E-state index is 3.03. The molecule has 0 radical (unpaired) electrons. The SMILES string of the molecule is CCSCNC. The van der Waals surface area contributed by atoms with Crippen molar-refractivity contribution < 1.29 is 0 Å².